The van der Waals surface area contributed by atoms with E-state index in [0.717, 1.165) is 56.6 Å². The van der Waals surface area contributed by atoms with Crippen molar-refractivity contribution in [3.05, 3.63) is 106 Å². The molecule has 4 heteroatoms. The second-order valence-corrected chi connectivity index (χ2v) is 9.89. The molecule has 36 heavy (non-hydrogen) atoms. The maximum Gasteiger partial charge on any atom is 0.133 e. The van der Waals surface area contributed by atoms with Crippen molar-refractivity contribution in [2.45, 2.75) is 53.4 Å². The number of nitrogen functional groups attached to an aromatic ring is 2. The fourth-order valence-corrected chi connectivity index (χ4v) is 4.70. The van der Waals surface area contributed by atoms with Gasteiger partial charge in [0.2, 0.25) is 0 Å². The number of hydrogen-bond donors (Lipinski definition) is 2. The number of aryl methyl sites for hydroxylation is 4. The van der Waals surface area contributed by atoms with E-state index in [2.05, 4.69) is 65.8 Å². The Labute approximate surface area is 214 Å². The molecule has 0 fully saturated rings. The Morgan fingerprint density at radius 2 is 0.778 bits per heavy atom. The van der Waals surface area contributed by atoms with Crippen molar-refractivity contribution in [1.29, 1.82) is 0 Å². The van der Waals surface area contributed by atoms with E-state index >= 15 is 0 Å². The van der Waals surface area contributed by atoms with Gasteiger partial charge in [-0.3, -0.25) is 0 Å². The molecule has 0 bridgehead atoms. The summed E-state index contributed by atoms with van der Waals surface area (Å²) in [5.74, 6) is 4.04. The molecule has 4 rings (SSSR count). The maximum atomic E-state index is 6.20. The number of nitrogens with two attached hydrogens (primary N) is 2. The fraction of sp³-hybridized carbons (Fsp3) is 0.250. The largest absolute Gasteiger partial charge is 0.457 e. The van der Waals surface area contributed by atoms with Crippen LogP contribution >= 0.6 is 0 Å². The van der Waals surface area contributed by atoms with Gasteiger partial charge in [-0.25, -0.2) is 0 Å². The third kappa shape index (κ3) is 5.49. The smallest absolute Gasteiger partial charge is 0.133 e. The minimum Gasteiger partial charge on any atom is -0.457 e. The SMILES string of the molecule is Cc1cc(C(C)C(C)c2cc(C)c(Oc3ccc(N)cc3)c(C)c2)cc(C)c1Oc1ccc(N)cc1. The Hall–Kier alpha value is -3.92. The molecule has 0 spiro atoms. The molecule has 4 aromatic carbocycles. The lowest BCUT2D eigenvalue weighted by atomic mass is 9.82. The molecule has 0 saturated heterocycles. The van der Waals surface area contributed by atoms with Crippen molar-refractivity contribution in [2.75, 3.05) is 11.5 Å². The molecule has 2 unspecified atom stereocenters. The van der Waals surface area contributed by atoms with E-state index in [1.165, 1.54) is 11.1 Å². The van der Waals surface area contributed by atoms with Crippen molar-refractivity contribution in [1.82, 2.24) is 0 Å². The summed E-state index contributed by atoms with van der Waals surface area (Å²) >= 11 is 0. The third-order valence-electron chi connectivity index (χ3n) is 6.97. The molecule has 0 aliphatic rings. The van der Waals surface area contributed by atoms with Crippen LogP contribution in [0.4, 0.5) is 11.4 Å². The zero-order chi connectivity index (χ0) is 26.0. The van der Waals surface area contributed by atoms with Gasteiger partial charge in [-0.1, -0.05) is 38.1 Å². The van der Waals surface area contributed by atoms with Crippen LogP contribution in [0.3, 0.4) is 0 Å². The minimum absolute atomic E-state index is 0.329. The molecule has 0 saturated carbocycles. The van der Waals surface area contributed by atoms with Crippen molar-refractivity contribution >= 4 is 11.4 Å². The maximum absolute atomic E-state index is 6.20. The van der Waals surface area contributed by atoms with Gasteiger partial charge in [-0.05, 0) is 121 Å². The molecule has 4 nitrogen and oxygen atoms in total. The number of ether oxygens (including phenoxy) is 2. The third-order valence-corrected chi connectivity index (χ3v) is 6.97. The summed E-state index contributed by atoms with van der Waals surface area (Å²) in [5.41, 5.74) is 20.2. The van der Waals surface area contributed by atoms with Gasteiger partial charge in [0.05, 0.1) is 0 Å². The molecule has 0 amide bonds. The highest BCUT2D eigenvalue weighted by Gasteiger charge is 2.21. The van der Waals surface area contributed by atoms with Crippen molar-refractivity contribution < 1.29 is 9.47 Å². The average molecular weight is 481 g/mol. The molecule has 2 atom stereocenters. The monoisotopic (exact) mass is 480 g/mol. The Kier molecular flexibility index (Phi) is 7.25. The zero-order valence-electron chi connectivity index (χ0n) is 22.1. The summed E-state index contributed by atoms with van der Waals surface area (Å²) < 4.78 is 12.4. The Morgan fingerprint density at radius 3 is 1.06 bits per heavy atom. The van der Waals surface area contributed by atoms with E-state index < -0.39 is 0 Å². The summed E-state index contributed by atoms with van der Waals surface area (Å²) in [6, 6.07) is 24.0. The lowest BCUT2D eigenvalue weighted by Gasteiger charge is -2.24. The van der Waals surface area contributed by atoms with Crippen LogP contribution in [0.15, 0.2) is 72.8 Å². The van der Waals surface area contributed by atoms with E-state index in [9.17, 15) is 0 Å². The summed E-state index contributed by atoms with van der Waals surface area (Å²) in [6.07, 6.45) is 0. The molecule has 4 aromatic rings. The highest BCUT2D eigenvalue weighted by molar-refractivity contribution is 5.51. The summed E-state index contributed by atoms with van der Waals surface area (Å²) in [5, 5.41) is 0. The standard InChI is InChI=1S/C32H36N2O2/c1-19-15-25(16-20(2)31(19)35-29-11-7-27(33)8-12-29)23(5)24(6)26-17-21(3)32(22(4)18-26)36-30-13-9-28(34)10-14-30/h7-18,23-24H,33-34H2,1-6H3. The van der Waals surface area contributed by atoms with Gasteiger partial charge in [0, 0.05) is 11.4 Å². The van der Waals surface area contributed by atoms with Gasteiger partial charge < -0.3 is 20.9 Å². The van der Waals surface area contributed by atoms with E-state index in [4.69, 9.17) is 20.9 Å². The average Bonchev–Trinajstić information content (AvgIpc) is 2.84. The summed E-state index contributed by atoms with van der Waals surface area (Å²) in [4.78, 5) is 0. The fourth-order valence-electron chi connectivity index (χ4n) is 4.70. The van der Waals surface area contributed by atoms with Crippen LogP contribution in [0.2, 0.25) is 0 Å². The van der Waals surface area contributed by atoms with Gasteiger partial charge in [-0.2, -0.15) is 0 Å². The minimum atomic E-state index is 0.329. The molecule has 0 aromatic heterocycles. The lowest BCUT2D eigenvalue weighted by molar-refractivity contribution is 0.473. The topological polar surface area (TPSA) is 70.5 Å². The second kappa shape index (κ2) is 10.4. The van der Waals surface area contributed by atoms with Crippen LogP contribution in [0, 0.1) is 27.7 Å². The molecular weight excluding hydrogens is 444 g/mol. The van der Waals surface area contributed by atoms with E-state index in [1.54, 1.807) is 0 Å². The van der Waals surface area contributed by atoms with Gasteiger partial charge in [0.1, 0.15) is 23.0 Å². The van der Waals surface area contributed by atoms with Crippen molar-refractivity contribution in [3.8, 4) is 23.0 Å². The second-order valence-electron chi connectivity index (χ2n) is 9.89. The predicted octanol–water partition coefficient (Wildman–Crippen LogP) is 8.58. The van der Waals surface area contributed by atoms with Gasteiger partial charge in [0.25, 0.3) is 0 Å². The molecule has 0 heterocycles. The van der Waals surface area contributed by atoms with Crippen LogP contribution in [0.1, 0.15) is 59.1 Å². The highest BCUT2D eigenvalue weighted by Crippen LogP contribution is 2.39. The first-order chi connectivity index (χ1) is 17.1. The van der Waals surface area contributed by atoms with Crippen LogP contribution in [-0.2, 0) is 0 Å². The molecular formula is C32H36N2O2. The van der Waals surface area contributed by atoms with Gasteiger partial charge >= 0.3 is 0 Å². The Bertz CT molecular complexity index is 1210. The number of benzene rings is 4. The number of anilines is 2. The van der Waals surface area contributed by atoms with E-state index in [1.807, 2.05) is 48.5 Å². The van der Waals surface area contributed by atoms with Crippen LogP contribution < -0.4 is 20.9 Å². The molecule has 4 N–H and O–H groups in total. The normalized spacial score (nSPS) is 12.7. The summed E-state index contributed by atoms with van der Waals surface area (Å²) in [6.45, 7) is 13.0. The van der Waals surface area contributed by atoms with Gasteiger partial charge in [0.15, 0.2) is 0 Å². The molecule has 0 aliphatic heterocycles. The van der Waals surface area contributed by atoms with Crippen molar-refractivity contribution in [3.63, 3.8) is 0 Å². The predicted molar refractivity (Wildman–Crippen MR) is 151 cm³/mol. The van der Waals surface area contributed by atoms with E-state index in [0.29, 0.717) is 11.8 Å². The van der Waals surface area contributed by atoms with Crippen LogP contribution in [0.5, 0.6) is 23.0 Å². The lowest BCUT2D eigenvalue weighted by Crippen LogP contribution is -2.07. The zero-order valence-corrected chi connectivity index (χ0v) is 22.1. The molecule has 0 aliphatic carbocycles. The first kappa shape index (κ1) is 25.2. The van der Waals surface area contributed by atoms with Crippen LogP contribution in [-0.4, -0.2) is 0 Å². The van der Waals surface area contributed by atoms with Crippen molar-refractivity contribution in [2.24, 2.45) is 0 Å². The first-order valence-electron chi connectivity index (χ1n) is 12.4. The first-order valence-corrected chi connectivity index (χ1v) is 12.4. The number of hydrogen-bond acceptors (Lipinski definition) is 4. The Morgan fingerprint density at radius 1 is 0.500 bits per heavy atom. The van der Waals surface area contributed by atoms with Gasteiger partial charge in [-0.15, -0.1) is 0 Å². The molecule has 186 valence electrons. The quantitative estimate of drug-likeness (QED) is 0.260. The highest BCUT2D eigenvalue weighted by atomic mass is 16.5. The van der Waals surface area contributed by atoms with E-state index in [-0.39, 0.29) is 0 Å². The summed E-state index contributed by atoms with van der Waals surface area (Å²) in [7, 11) is 0. The van der Waals surface area contributed by atoms with Crippen LogP contribution in [0.25, 0.3) is 0 Å². The number of rotatable bonds is 7. The molecule has 0 radical (unpaired) electrons. The Balaban J connectivity index is 1.55.